The van der Waals surface area contributed by atoms with E-state index in [4.69, 9.17) is 11.5 Å². The van der Waals surface area contributed by atoms with Gasteiger partial charge in [0, 0.05) is 12.2 Å². The number of benzene rings is 1. The molecule has 1 amide bonds. The highest BCUT2D eigenvalue weighted by molar-refractivity contribution is 5.98. The van der Waals surface area contributed by atoms with Crippen LogP contribution in [0.5, 0.6) is 0 Å². The van der Waals surface area contributed by atoms with Crippen molar-refractivity contribution < 1.29 is 4.79 Å². The van der Waals surface area contributed by atoms with Crippen molar-refractivity contribution in [1.82, 2.24) is 5.32 Å². The fourth-order valence-electron chi connectivity index (χ4n) is 1.98. The highest BCUT2D eigenvalue weighted by Gasteiger charge is 2.07. The van der Waals surface area contributed by atoms with Crippen LogP contribution in [0.15, 0.2) is 24.3 Å². The van der Waals surface area contributed by atoms with Crippen LogP contribution in [-0.4, -0.2) is 19.0 Å². The van der Waals surface area contributed by atoms with Gasteiger partial charge in [-0.2, -0.15) is 0 Å². The molecule has 1 aromatic rings. The molecule has 0 saturated carbocycles. The van der Waals surface area contributed by atoms with Crippen molar-refractivity contribution >= 4 is 11.6 Å². The fraction of sp³-hybridized carbons (Fsp3) is 0.533. The normalized spacial score (nSPS) is 10.4. The van der Waals surface area contributed by atoms with Gasteiger partial charge in [0.15, 0.2) is 0 Å². The van der Waals surface area contributed by atoms with Crippen LogP contribution >= 0.6 is 0 Å². The number of unbranched alkanes of at least 4 members (excludes halogenated alkanes) is 5. The van der Waals surface area contributed by atoms with Gasteiger partial charge in [-0.3, -0.25) is 4.79 Å². The standard InChI is InChI=1S/C15H25N3O/c16-11-7-3-1-2-4-8-12-18-15(19)13-9-5-6-10-14(13)17/h5-6,9-10H,1-4,7-8,11-12,16-17H2,(H,18,19). The molecule has 1 aromatic carbocycles. The summed E-state index contributed by atoms with van der Waals surface area (Å²) >= 11 is 0. The fourth-order valence-corrected chi connectivity index (χ4v) is 1.98. The van der Waals surface area contributed by atoms with Crippen molar-refractivity contribution in [2.24, 2.45) is 5.73 Å². The van der Waals surface area contributed by atoms with Gasteiger partial charge in [0.25, 0.3) is 5.91 Å². The van der Waals surface area contributed by atoms with E-state index in [0.717, 1.165) is 25.8 Å². The molecule has 0 aliphatic rings. The van der Waals surface area contributed by atoms with Gasteiger partial charge in [-0.25, -0.2) is 0 Å². The number of nitrogens with one attached hydrogen (secondary N) is 1. The van der Waals surface area contributed by atoms with Crippen molar-refractivity contribution in [3.05, 3.63) is 29.8 Å². The van der Waals surface area contributed by atoms with Crippen LogP contribution in [0.4, 0.5) is 5.69 Å². The third kappa shape index (κ3) is 6.25. The summed E-state index contributed by atoms with van der Waals surface area (Å²) in [6, 6.07) is 7.14. The molecule has 0 atom stereocenters. The van der Waals surface area contributed by atoms with Crippen LogP contribution in [-0.2, 0) is 0 Å². The van der Waals surface area contributed by atoms with Crippen LogP contribution in [0, 0.1) is 0 Å². The highest BCUT2D eigenvalue weighted by atomic mass is 16.1. The van der Waals surface area contributed by atoms with Crippen LogP contribution in [0.1, 0.15) is 48.9 Å². The van der Waals surface area contributed by atoms with Gasteiger partial charge in [-0.1, -0.05) is 37.8 Å². The third-order valence-corrected chi connectivity index (χ3v) is 3.12. The molecule has 5 N–H and O–H groups in total. The van der Waals surface area contributed by atoms with E-state index >= 15 is 0 Å². The zero-order chi connectivity index (χ0) is 13.9. The Kier molecular flexibility index (Phi) is 7.66. The van der Waals surface area contributed by atoms with E-state index in [2.05, 4.69) is 5.32 Å². The van der Waals surface area contributed by atoms with Gasteiger partial charge in [0.2, 0.25) is 0 Å². The zero-order valence-corrected chi connectivity index (χ0v) is 11.5. The summed E-state index contributed by atoms with van der Waals surface area (Å²) in [5.41, 5.74) is 12.3. The van der Waals surface area contributed by atoms with Crippen molar-refractivity contribution in [1.29, 1.82) is 0 Å². The van der Waals surface area contributed by atoms with E-state index in [1.54, 1.807) is 12.1 Å². The minimum atomic E-state index is -0.0822. The summed E-state index contributed by atoms with van der Waals surface area (Å²) in [5.74, 6) is -0.0822. The number of rotatable bonds is 9. The number of hydrogen-bond donors (Lipinski definition) is 3. The summed E-state index contributed by atoms with van der Waals surface area (Å²) in [4.78, 5) is 11.8. The second-order valence-corrected chi connectivity index (χ2v) is 4.75. The average Bonchev–Trinajstić information content (AvgIpc) is 2.42. The Hall–Kier alpha value is -1.55. The molecule has 19 heavy (non-hydrogen) atoms. The lowest BCUT2D eigenvalue weighted by atomic mass is 10.1. The Balaban J connectivity index is 2.10. The highest BCUT2D eigenvalue weighted by Crippen LogP contribution is 2.10. The number of anilines is 1. The molecule has 0 unspecified atom stereocenters. The van der Waals surface area contributed by atoms with E-state index < -0.39 is 0 Å². The summed E-state index contributed by atoms with van der Waals surface area (Å²) in [6.45, 7) is 1.50. The molecule has 0 aliphatic carbocycles. The van der Waals surface area contributed by atoms with Gasteiger partial charge >= 0.3 is 0 Å². The minimum Gasteiger partial charge on any atom is -0.398 e. The zero-order valence-electron chi connectivity index (χ0n) is 11.5. The number of carbonyl (C=O) groups is 1. The Morgan fingerprint density at radius 2 is 1.63 bits per heavy atom. The maximum absolute atomic E-state index is 11.8. The number of para-hydroxylation sites is 1. The molecule has 4 nitrogen and oxygen atoms in total. The lowest BCUT2D eigenvalue weighted by Crippen LogP contribution is -2.25. The van der Waals surface area contributed by atoms with E-state index in [1.165, 1.54) is 19.3 Å². The Morgan fingerprint density at radius 3 is 2.32 bits per heavy atom. The molecule has 4 heteroatoms. The number of nitrogen functional groups attached to an aromatic ring is 1. The number of carbonyl (C=O) groups excluding carboxylic acids is 1. The van der Waals surface area contributed by atoms with Gasteiger partial charge in [0.05, 0.1) is 5.56 Å². The van der Waals surface area contributed by atoms with E-state index in [1.807, 2.05) is 12.1 Å². The maximum Gasteiger partial charge on any atom is 0.253 e. The SMILES string of the molecule is NCCCCCCCCNC(=O)c1ccccc1N. The molecule has 1 rings (SSSR count). The first-order valence-corrected chi connectivity index (χ1v) is 7.08. The van der Waals surface area contributed by atoms with Crippen molar-refractivity contribution in [2.45, 2.75) is 38.5 Å². The summed E-state index contributed by atoms with van der Waals surface area (Å²) in [6.07, 6.45) is 6.93. The largest absolute Gasteiger partial charge is 0.398 e. The van der Waals surface area contributed by atoms with Crippen LogP contribution in [0.3, 0.4) is 0 Å². The second kappa shape index (κ2) is 9.39. The van der Waals surface area contributed by atoms with Crippen LogP contribution in [0.2, 0.25) is 0 Å². The molecular formula is C15H25N3O. The molecule has 0 aliphatic heterocycles. The molecule has 0 fully saturated rings. The summed E-state index contributed by atoms with van der Waals surface area (Å²) in [5, 5.41) is 2.90. The predicted octanol–water partition coefficient (Wildman–Crippen LogP) is 2.30. The second-order valence-electron chi connectivity index (χ2n) is 4.75. The minimum absolute atomic E-state index is 0.0822. The van der Waals surface area contributed by atoms with E-state index in [-0.39, 0.29) is 5.91 Å². The Morgan fingerprint density at radius 1 is 1.00 bits per heavy atom. The number of amides is 1. The first kappa shape index (κ1) is 15.5. The first-order valence-electron chi connectivity index (χ1n) is 7.08. The topological polar surface area (TPSA) is 81.1 Å². The summed E-state index contributed by atoms with van der Waals surface area (Å²) in [7, 11) is 0. The molecule has 0 radical (unpaired) electrons. The summed E-state index contributed by atoms with van der Waals surface area (Å²) < 4.78 is 0. The quantitative estimate of drug-likeness (QED) is 0.472. The molecule has 0 aromatic heterocycles. The molecule has 0 bridgehead atoms. The average molecular weight is 263 g/mol. The number of hydrogen-bond acceptors (Lipinski definition) is 3. The number of nitrogens with two attached hydrogens (primary N) is 2. The van der Waals surface area contributed by atoms with E-state index in [9.17, 15) is 4.79 Å². The first-order chi connectivity index (χ1) is 9.25. The molecule has 0 saturated heterocycles. The van der Waals surface area contributed by atoms with Crippen molar-refractivity contribution in [3.63, 3.8) is 0 Å². The van der Waals surface area contributed by atoms with Gasteiger partial charge in [-0.15, -0.1) is 0 Å². The molecule has 106 valence electrons. The Bertz CT molecular complexity index is 379. The van der Waals surface area contributed by atoms with Gasteiger partial charge < -0.3 is 16.8 Å². The third-order valence-electron chi connectivity index (χ3n) is 3.12. The lowest BCUT2D eigenvalue weighted by molar-refractivity contribution is 0.0954. The van der Waals surface area contributed by atoms with Crippen LogP contribution in [0.25, 0.3) is 0 Å². The smallest absolute Gasteiger partial charge is 0.253 e. The van der Waals surface area contributed by atoms with Gasteiger partial charge in [-0.05, 0) is 31.5 Å². The van der Waals surface area contributed by atoms with E-state index in [0.29, 0.717) is 17.8 Å². The Labute approximate surface area is 115 Å². The maximum atomic E-state index is 11.8. The van der Waals surface area contributed by atoms with Crippen molar-refractivity contribution in [2.75, 3.05) is 18.8 Å². The van der Waals surface area contributed by atoms with Gasteiger partial charge in [0.1, 0.15) is 0 Å². The van der Waals surface area contributed by atoms with Crippen LogP contribution < -0.4 is 16.8 Å². The van der Waals surface area contributed by atoms with Crippen molar-refractivity contribution in [3.8, 4) is 0 Å². The molecule has 0 heterocycles. The predicted molar refractivity (Wildman–Crippen MR) is 79.9 cm³/mol. The lowest BCUT2D eigenvalue weighted by Gasteiger charge is -2.07. The molecule has 0 spiro atoms. The monoisotopic (exact) mass is 263 g/mol. The molecular weight excluding hydrogens is 238 g/mol.